The SMILES string of the molecule is C.C.C.CC.CC(C)(C)OC(=O)N1Cc2c(C(N)=O)c(-c3ccc(F)c(Cl)c3)nn2C(CF)C1.CC(C)(C)OC(=O)N1Cc2c(C(N)=O)c(-c3ccc(F)c(Cl)c3)nn2C(CO)C1.CC(C)(C)OC(=O)N1Cc2c(C(N)=O)c(I)nn2C(CO)C1.CI.NC(=O)c1c(-c2ccc(F)c(Cl)c2)nn2c1CNCC2CF.[C-]#[N+]c1ccc(CC(=O)N2Cc3c(C(N)=O)c(-c4ccc(F)c(Cl)c4)nn3C(CF)C2)cc1Cl. The van der Waals surface area contributed by atoms with Crippen LogP contribution in [0.5, 0.6) is 0 Å². The highest BCUT2D eigenvalue weighted by atomic mass is 127. The van der Waals surface area contributed by atoms with Gasteiger partial charge in [0.05, 0.1) is 159 Å². The lowest BCUT2D eigenvalue weighted by molar-refractivity contribution is -0.132. The molecule has 143 heavy (non-hydrogen) atoms. The van der Waals surface area contributed by atoms with E-state index in [1.54, 1.807) is 79.1 Å². The van der Waals surface area contributed by atoms with E-state index >= 15 is 0 Å². The smallest absolute Gasteiger partial charge is 0.410 e. The fourth-order valence-corrected chi connectivity index (χ4v) is 17.0. The maximum atomic E-state index is 14.0. The van der Waals surface area contributed by atoms with Gasteiger partial charge in [0.1, 0.15) is 86.6 Å². The number of primary amides is 5. The molecule has 5 aromatic carbocycles. The van der Waals surface area contributed by atoms with E-state index < -0.39 is 138 Å². The summed E-state index contributed by atoms with van der Waals surface area (Å²) in [5.41, 5.74) is 31.4. The van der Waals surface area contributed by atoms with Crippen LogP contribution in [-0.2, 0) is 58.1 Å². The lowest BCUT2D eigenvalue weighted by Gasteiger charge is -2.34. The summed E-state index contributed by atoms with van der Waals surface area (Å²) in [6.45, 7) is 25.3. The standard InChI is InChI=1S/C23H17Cl2F2N5O2.C19H21ClF2N4O3.C19H22ClFN4O4.C14H13ClF2N4O.C13H19IN4O4.C2H6.CH3I.3CH4/c1-29-18-5-2-12(6-16(18)25)7-20(33)31-10-14(9-26)32-19(11-31)21(23(28)34)22(30-32)13-3-4-17(27)15(24)8-13;1-19(2,3)29-18(28)25-8-11(7-21)26-14(9-25)15(17(23)27)16(24-26)10-4-5-13(22)12(20)6-10;1-19(2,3)29-18(28)24-7-11(9-26)25-14(8-24)15(17(22)27)16(23-25)10-4-5-13(21)12(20)6-10;15-9-3-7(1-2-10(9)17)13-12(14(18)22)11-6-19-5-8(4-16)21(11)20-13;1-13(2,3)22-12(21)17-4-7(6-19)18-8(5-17)9(11(15)20)10(14)16-18;2*1-2;;;/h2-6,8,14H,7,9-11H2,(H2,28,34);4-6,11H,7-9H2,1-3H3,(H2,23,27);4-6,11,26H,7-9H2,1-3H3,(H2,22,27);1-3,8,19H,4-6H2,(H2,18,22);7,19H,4-6H2,1-3H3,(H2,15,20);1-2H3;1H3;3*1H4. The third kappa shape index (κ3) is 28.6. The number of ether oxygens (including phenoxy) is 3. The van der Waals surface area contributed by atoms with Crippen molar-refractivity contribution in [1.82, 2.24) is 73.8 Å². The van der Waals surface area contributed by atoms with Gasteiger partial charge in [-0.05, 0) is 168 Å². The first-order valence-corrected chi connectivity index (χ1v) is 47.9. The van der Waals surface area contributed by atoms with Crippen LogP contribution in [0.4, 0.5) is 50.8 Å². The third-order valence-electron chi connectivity index (χ3n) is 21.3. The van der Waals surface area contributed by atoms with Gasteiger partial charge in [-0.2, -0.15) is 25.5 Å². The summed E-state index contributed by atoms with van der Waals surface area (Å²) in [7, 11) is 0. The van der Waals surface area contributed by atoms with Gasteiger partial charge in [-0.3, -0.25) is 52.2 Å². The van der Waals surface area contributed by atoms with Gasteiger partial charge in [-0.1, -0.05) is 135 Å². The zero-order chi connectivity index (χ0) is 104. The Hall–Kier alpha value is -11.4. The molecule has 776 valence electrons. The van der Waals surface area contributed by atoms with E-state index in [1.807, 2.05) is 41.4 Å². The Morgan fingerprint density at radius 1 is 0.427 bits per heavy atom. The number of amides is 9. The van der Waals surface area contributed by atoms with Crippen molar-refractivity contribution < 1.29 is 98.3 Å². The van der Waals surface area contributed by atoms with Gasteiger partial charge in [-0.15, -0.1) is 0 Å². The number of halogens is 14. The molecule has 5 unspecified atom stereocenters. The molecule has 35 nitrogen and oxygen atoms in total. The van der Waals surface area contributed by atoms with Crippen LogP contribution in [0.1, 0.15) is 214 Å². The summed E-state index contributed by atoms with van der Waals surface area (Å²) in [5, 5.41) is 43.9. The van der Waals surface area contributed by atoms with E-state index in [1.165, 1.54) is 99.0 Å². The molecule has 0 aliphatic carbocycles. The Bertz CT molecular complexity index is 6220. The van der Waals surface area contributed by atoms with Crippen molar-refractivity contribution in [2.24, 2.45) is 28.7 Å². The van der Waals surface area contributed by atoms with Crippen LogP contribution < -0.4 is 34.0 Å². The van der Waals surface area contributed by atoms with Crippen molar-refractivity contribution in [3.8, 4) is 45.0 Å². The molecule has 0 radical (unpaired) electrons. The predicted molar refractivity (Wildman–Crippen MR) is 545 cm³/mol. The summed E-state index contributed by atoms with van der Waals surface area (Å²) in [6, 6.07) is 17.1. The number of aliphatic hydroxyl groups is 2. The molecule has 13 N–H and O–H groups in total. The van der Waals surface area contributed by atoms with Crippen LogP contribution in [0.25, 0.3) is 49.9 Å². The van der Waals surface area contributed by atoms with Gasteiger partial charge in [0.2, 0.25) is 11.6 Å². The van der Waals surface area contributed by atoms with E-state index in [4.69, 9.17) is 107 Å². The highest BCUT2D eigenvalue weighted by molar-refractivity contribution is 14.1. The van der Waals surface area contributed by atoms with Gasteiger partial charge >= 0.3 is 18.3 Å². The van der Waals surface area contributed by atoms with Gasteiger partial charge in [0.25, 0.3) is 29.5 Å². The highest BCUT2D eigenvalue weighted by Crippen LogP contribution is 2.41. The van der Waals surface area contributed by atoms with E-state index in [9.17, 15) is 84.1 Å². The second kappa shape index (κ2) is 51.4. The van der Waals surface area contributed by atoms with Gasteiger partial charge in [0, 0.05) is 66.5 Å². The number of rotatable bonds is 16. The molecule has 5 atom stereocenters. The Kier molecular flexibility index (Phi) is 43.2. The highest BCUT2D eigenvalue weighted by Gasteiger charge is 2.42. The monoisotopic (exact) mass is 2320 g/mol. The van der Waals surface area contributed by atoms with Crippen LogP contribution in [0.3, 0.4) is 0 Å². The number of nitrogens with one attached hydrogen (secondary N) is 1. The average Bonchev–Trinajstić information content (AvgIpc) is 1.61. The van der Waals surface area contributed by atoms with Crippen molar-refractivity contribution in [2.75, 3.05) is 70.9 Å². The minimum atomic E-state index is -0.844. The Labute approximate surface area is 873 Å². The Morgan fingerprint density at radius 3 is 0.993 bits per heavy atom. The lowest BCUT2D eigenvalue weighted by atomic mass is 10.0. The number of aliphatic hydroxyl groups excluding tert-OH is 2. The molecule has 0 spiro atoms. The second-order valence-corrected chi connectivity index (χ2v) is 37.6. The quantitative estimate of drug-likeness (QED) is 0.0146. The molecule has 9 amide bonds. The normalized spacial score (nSPS) is 15.8. The number of fused-ring (bicyclic) bond motifs is 5. The van der Waals surface area contributed by atoms with Gasteiger partial charge in [0.15, 0.2) is 0 Å². The number of carbonyl (C=O) groups excluding carboxylic acids is 9. The Morgan fingerprint density at radius 2 is 0.706 bits per heavy atom. The summed E-state index contributed by atoms with van der Waals surface area (Å²) < 4.78 is 119. The first-order chi connectivity index (χ1) is 65.9. The van der Waals surface area contributed by atoms with E-state index in [-0.39, 0.29) is 193 Å². The summed E-state index contributed by atoms with van der Waals surface area (Å²) in [4.78, 5) is 121. The molecule has 10 heterocycles. The van der Waals surface area contributed by atoms with Crippen LogP contribution in [0.2, 0.25) is 25.1 Å². The van der Waals surface area contributed by atoms with Crippen molar-refractivity contribution in [1.29, 1.82) is 0 Å². The number of aromatic nitrogens is 10. The van der Waals surface area contributed by atoms with Crippen molar-refractivity contribution in [3.05, 3.63) is 216 Å². The van der Waals surface area contributed by atoms with Crippen LogP contribution in [-0.4, -0.2) is 220 Å². The molecule has 15 rings (SSSR count). The number of hydrogen-bond donors (Lipinski definition) is 8. The molecule has 0 saturated heterocycles. The first kappa shape index (κ1) is 120. The van der Waals surface area contributed by atoms with Crippen LogP contribution in [0, 0.1) is 33.5 Å². The first-order valence-electron chi connectivity index (χ1n) is 42.8. The van der Waals surface area contributed by atoms with Crippen molar-refractivity contribution >= 4 is 163 Å². The molecule has 5 aliphatic rings. The zero-order valence-electron chi connectivity index (χ0n) is 77.5. The number of benzene rings is 5. The van der Waals surface area contributed by atoms with Crippen molar-refractivity contribution in [3.63, 3.8) is 0 Å². The fraction of sp³-hybridized carbons (Fsp3) is 0.415. The number of alkyl halides is 4. The molecule has 10 aromatic rings. The van der Waals surface area contributed by atoms with Gasteiger partial charge in [-0.25, -0.2) is 50.0 Å². The van der Waals surface area contributed by atoms with E-state index in [2.05, 4.69) is 58.2 Å². The number of hydrogen-bond acceptors (Lipinski definition) is 20. The van der Waals surface area contributed by atoms with Gasteiger partial charge < -0.3 is 78.0 Å². The van der Waals surface area contributed by atoms with Crippen molar-refractivity contribution in [2.45, 2.75) is 185 Å². The fourth-order valence-electron chi connectivity index (χ4n) is 15.3. The largest absolute Gasteiger partial charge is 0.444 e. The molecule has 0 bridgehead atoms. The minimum absolute atomic E-state index is 0. The Balaban J connectivity index is 0.000000272. The van der Waals surface area contributed by atoms with E-state index in [0.717, 1.165) is 18.2 Å². The molecule has 0 fully saturated rings. The molecular formula is C94H113Cl5F7I2N21O14. The maximum Gasteiger partial charge on any atom is 0.410 e. The number of carbonyl (C=O) groups is 9. The minimum Gasteiger partial charge on any atom is -0.444 e. The summed E-state index contributed by atoms with van der Waals surface area (Å²) >= 11 is 33.5. The molecule has 5 aromatic heterocycles. The third-order valence-corrected chi connectivity index (χ3v) is 23.5. The topological polar surface area (TPSA) is 470 Å². The average molecular weight is 2330 g/mol. The van der Waals surface area contributed by atoms with Crippen LogP contribution in [0.15, 0.2) is 91.0 Å². The lowest BCUT2D eigenvalue weighted by Crippen LogP contribution is -2.45. The maximum absolute atomic E-state index is 14.0. The van der Waals surface area contributed by atoms with Crippen LogP contribution >= 0.6 is 103 Å². The molecule has 49 heteroatoms. The molecular weight excluding hydrogens is 2210 g/mol. The number of nitrogens with two attached hydrogens (primary N) is 5. The van der Waals surface area contributed by atoms with E-state index in [0.29, 0.717) is 61.7 Å². The summed E-state index contributed by atoms with van der Waals surface area (Å²) in [5.74, 6) is -6.41. The predicted octanol–water partition coefficient (Wildman–Crippen LogP) is 18.1. The second-order valence-electron chi connectivity index (χ2n) is 34.5. The summed E-state index contributed by atoms with van der Waals surface area (Å²) in [6.07, 6.45) is -1.74. The number of nitrogens with zero attached hydrogens (tertiary/aromatic N) is 15. The molecule has 0 saturated carbocycles. The zero-order valence-corrected chi connectivity index (χ0v) is 85.6. The molecule has 5 aliphatic heterocycles.